The minimum Gasteiger partial charge on any atom is -0.492 e. The molecule has 0 aliphatic carbocycles. The van der Waals surface area contributed by atoms with Gasteiger partial charge in [0.05, 0.1) is 17.3 Å². The van der Waals surface area contributed by atoms with Gasteiger partial charge in [-0.1, -0.05) is 6.07 Å². The van der Waals surface area contributed by atoms with E-state index >= 15 is 0 Å². The molecule has 1 aliphatic heterocycles. The largest absolute Gasteiger partial charge is 0.492 e. The summed E-state index contributed by atoms with van der Waals surface area (Å²) in [5, 5.41) is 1.88. The van der Waals surface area contributed by atoms with Crippen molar-refractivity contribution in [1.29, 1.82) is 0 Å². The summed E-state index contributed by atoms with van der Waals surface area (Å²) < 4.78 is 18.4. The number of halogens is 1. The van der Waals surface area contributed by atoms with Crippen molar-refractivity contribution in [3.8, 4) is 5.75 Å². The molecule has 2 aromatic rings. The minimum atomic E-state index is -0.311. The van der Waals surface area contributed by atoms with Gasteiger partial charge in [-0.3, -0.25) is 9.59 Å². The van der Waals surface area contributed by atoms with E-state index in [1.54, 1.807) is 29.0 Å². The zero-order valence-electron chi connectivity index (χ0n) is 15.3. The molecule has 0 spiro atoms. The summed E-state index contributed by atoms with van der Waals surface area (Å²) in [5.41, 5.74) is 0. The number of carbonyl (C=O) groups excluding carboxylic acids is 2. The summed E-state index contributed by atoms with van der Waals surface area (Å²) in [6, 6.07) is 9.48. The van der Waals surface area contributed by atoms with Gasteiger partial charge < -0.3 is 14.5 Å². The van der Waals surface area contributed by atoms with Crippen molar-refractivity contribution in [3.05, 3.63) is 52.5 Å². The molecule has 1 aliphatic rings. The highest BCUT2D eigenvalue weighted by Crippen LogP contribution is 2.22. The van der Waals surface area contributed by atoms with Crippen LogP contribution in [-0.4, -0.2) is 54.9 Å². The van der Waals surface area contributed by atoms with Gasteiger partial charge in [-0.2, -0.15) is 0 Å². The van der Waals surface area contributed by atoms with E-state index in [0.717, 1.165) is 12.8 Å². The monoisotopic (exact) mass is 390 g/mol. The summed E-state index contributed by atoms with van der Waals surface area (Å²) in [4.78, 5) is 29.4. The number of ether oxygens (including phenoxy) is 1. The van der Waals surface area contributed by atoms with Crippen molar-refractivity contribution in [2.45, 2.75) is 12.8 Å². The Morgan fingerprint density at radius 2 is 2.07 bits per heavy atom. The molecular weight excluding hydrogens is 367 g/mol. The van der Waals surface area contributed by atoms with E-state index < -0.39 is 0 Å². The Kier molecular flexibility index (Phi) is 6.45. The smallest absolute Gasteiger partial charge is 0.263 e. The standard InChI is InChI=1S/C20H23FN2O3S/c1-22(11-12-26-17-8-6-16(21)7-9-17)19(24)15-4-2-10-23(14-15)20(25)18-5-3-13-27-18/h3,5-9,13,15H,2,4,10-12,14H2,1H3. The number of carbonyl (C=O) groups is 2. The summed E-state index contributed by atoms with van der Waals surface area (Å²) in [7, 11) is 1.75. The van der Waals surface area contributed by atoms with E-state index in [4.69, 9.17) is 4.74 Å². The predicted molar refractivity (Wildman–Crippen MR) is 102 cm³/mol. The Morgan fingerprint density at radius 3 is 2.78 bits per heavy atom. The molecule has 1 unspecified atom stereocenters. The summed E-state index contributed by atoms with van der Waals surface area (Å²) in [5.74, 6) is 0.112. The van der Waals surface area contributed by atoms with Crippen LogP contribution in [0.4, 0.5) is 4.39 Å². The van der Waals surface area contributed by atoms with Gasteiger partial charge in [0.2, 0.25) is 5.91 Å². The van der Waals surface area contributed by atoms with Gasteiger partial charge >= 0.3 is 0 Å². The molecule has 2 amide bonds. The molecule has 1 fully saturated rings. The van der Waals surface area contributed by atoms with Crippen molar-refractivity contribution >= 4 is 23.2 Å². The molecule has 1 aromatic carbocycles. The number of amides is 2. The van der Waals surface area contributed by atoms with E-state index in [0.29, 0.717) is 36.9 Å². The van der Waals surface area contributed by atoms with Gasteiger partial charge in [-0.25, -0.2) is 4.39 Å². The van der Waals surface area contributed by atoms with Gasteiger partial charge in [0, 0.05) is 20.1 Å². The zero-order valence-corrected chi connectivity index (χ0v) is 16.1. The molecule has 7 heteroatoms. The molecule has 144 valence electrons. The number of nitrogens with zero attached hydrogens (tertiary/aromatic N) is 2. The van der Waals surface area contributed by atoms with Crippen LogP contribution in [-0.2, 0) is 4.79 Å². The van der Waals surface area contributed by atoms with Crippen LogP contribution >= 0.6 is 11.3 Å². The van der Waals surface area contributed by atoms with Crippen LogP contribution in [0.5, 0.6) is 5.75 Å². The second-order valence-corrected chi connectivity index (χ2v) is 7.58. The molecule has 1 atom stereocenters. The number of benzene rings is 1. The molecule has 5 nitrogen and oxygen atoms in total. The average molecular weight is 390 g/mol. The third-order valence-corrected chi connectivity index (χ3v) is 5.53. The highest BCUT2D eigenvalue weighted by Gasteiger charge is 2.30. The molecule has 27 heavy (non-hydrogen) atoms. The SMILES string of the molecule is CN(CCOc1ccc(F)cc1)C(=O)C1CCCN(C(=O)c2cccs2)C1. The second-order valence-electron chi connectivity index (χ2n) is 6.63. The summed E-state index contributed by atoms with van der Waals surface area (Å²) >= 11 is 1.42. The number of likely N-dealkylation sites (N-methyl/N-ethyl adjacent to an activating group) is 1. The number of hydrogen-bond acceptors (Lipinski definition) is 4. The molecule has 1 aromatic heterocycles. The van der Waals surface area contributed by atoms with Gasteiger partial charge in [0.1, 0.15) is 18.2 Å². The first-order valence-corrected chi connectivity index (χ1v) is 9.88. The topological polar surface area (TPSA) is 49.9 Å². The van der Waals surface area contributed by atoms with Gasteiger partial charge in [-0.05, 0) is 48.6 Å². The maximum atomic E-state index is 12.9. The molecule has 0 bridgehead atoms. The van der Waals surface area contributed by atoms with Crippen LogP contribution in [0.1, 0.15) is 22.5 Å². The number of likely N-dealkylation sites (tertiary alicyclic amines) is 1. The maximum Gasteiger partial charge on any atom is 0.263 e. The molecule has 0 radical (unpaired) electrons. The summed E-state index contributed by atoms with van der Waals surface area (Å²) in [6.45, 7) is 1.92. The highest BCUT2D eigenvalue weighted by molar-refractivity contribution is 7.12. The van der Waals surface area contributed by atoms with Gasteiger partial charge in [0.15, 0.2) is 0 Å². The Morgan fingerprint density at radius 1 is 1.30 bits per heavy atom. The molecule has 2 heterocycles. The lowest BCUT2D eigenvalue weighted by Crippen LogP contribution is -2.46. The van der Waals surface area contributed by atoms with E-state index in [-0.39, 0.29) is 23.5 Å². The quantitative estimate of drug-likeness (QED) is 0.761. The molecule has 0 N–H and O–H groups in total. The van der Waals surface area contributed by atoms with Crippen molar-refractivity contribution in [2.75, 3.05) is 33.3 Å². The van der Waals surface area contributed by atoms with Crippen LogP contribution in [0.2, 0.25) is 0 Å². The van der Waals surface area contributed by atoms with Crippen LogP contribution in [0, 0.1) is 11.7 Å². The highest BCUT2D eigenvalue weighted by atomic mass is 32.1. The fraction of sp³-hybridized carbons (Fsp3) is 0.400. The Hall–Kier alpha value is -2.41. The summed E-state index contributed by atoms with van der Waals surface area (Å²) in [6.07, 6.45) is 1.61. The molecule has 0 saturated carbocycles. The third kappa shape index (κ3) is 5.07. The fourth-order valence-electron chi connectivity index (χ4n) is 3.17. The minimum absolute atomic E-state index is 0.00444. The first kappa shape index (κ1) is 19.4. The first-order valence-electron chi connectivity index (χ1n) is 9.00. The first-order chi connectivity index (χ1) is 13.0. The van der Waals surface area contributed by atoms with Crippen LogP contribution in [0.3, 0.4) is 0 Å². The van der Waals surface area contributed by atoms with Crippen molar-refractivity contribution in [1.82, 2.24) is 9.80 Å². The Bertz CT molecular complexity index is 764. The predicted octanol–water partition coefficient (Wildman–Crippen LogP) is 3.28. The number of thiophene rings is 1. The van der Waals surface area contributed by atoms with Crippen LogP contribution in [0.25, 0.3) is 0 Å². The lowest BCUT2D eigenvalue weighted by atomic mass is 9.96. The van der Waals surface area contributed by atoms with E-state index in [2.05, 4.69) is 0 Å². The van der Waals surface area contributed by atoms with Gasteiger partial charge in [-0.15, -0.1) is 11.3 Å². The van der Waals surface area contributed by atoms with Crippen molar-refractivity contribution < 1.29 is 18.7 Å². The van der Waals surface area contributed by atoms with Crippen molar-refractivity contribution in [3.63, 3.8) is 0 Å². The fourth-order valence-corrected chi connectivity index (χ4v) is 3.86. The lowest BCUT2D eigenvalue weighted by Gasteiger charge is -2.33. The zero-order chi connectivity index (χ0) is 19.2. The average Bonchev–Trinajstić information content (AvgIpc) is 3.23. The molecular formula is C20H23FN2O3S. The normalized spacial score (nSPS) is 16.8. The molecule has 3 rings (SSSR count). The van der Waals surface area contributed by atoms with Crippen LogP contribution < -0.4 is 4.74 Å². The third-order valence-electron chi connectivity index (χ3n) is 4.68. The van der Waals surface area contributed by atoms with Crippen molar-refractivity contribution in [2.24, 2.45) is 5.92 Å². The van der Waals surface area contributed by atoms with E-state index in [9.17, 15) is 14.0 Å². The van der Waals surface area contributed by atoms with Crippen LogP contribution in [0.15, 0.2) is 41.8 Å². The van der Waals surface area contributed by atoms with E-state index in [1.165, 1.54) is 23.5 Å². The molecule has 1 saturated heterocycles. The van der Waals surface area contributed by atoms with Gasteiger partial charge in [0.25, 0.3) is 5.91 Å². The number of piperidine rings is 1. The Labute approximate surface area is 162 Å². The lowest BCUT2D eigenvalue weighted by molar-refractivity contribution is -0.135. The second kappa shape index (κ2) is 8.99. The number of hydrogen-bond donors (Lipinski definition) is 0. The Balaban J connectivity index is 1.48. The number of rotatable bonds is 6. The van der Waals surface area contributed by atoms with E-state index in [1.807, 2.05) is 17.5 Å². The maximum absolute atomic E-state index is 12.9.